The van der Waals surface area contributed by atoms with Gasteiger partial charge in [-0.05, 0) is 79.9 Å². The van der Waals surface area contributed by atoms with Crippen LogP contribution in [0.25, 0.3) is 6.08 Å². The molecule has 0 radical (unpaired) electrons. The number of anilines is 2. The van der Waals surface area contributed by atoms with Crippen molar-refractivity contribution in [1.29, 1.82) is 0 Å². The molecule has 1 heterocycles. The molecule has 3 aromatic rings. The van der Waals surface area contributed by atoms with Gasteiger partial charge in [0.25, 0.3) is 17.7 Å². The molecule has 2 N–H and O–H groups in total. The van der Waals surface area contributed by atoms with E-state index in [0.29, 0.717) is 34.4 Å². The molecular weight excluding hydrogens is 522 g/mol. The molecule has 1 saturated heterocycles. The Kier molecular flexibility index (Phi) is 8.31. The molecule has 0 atom stereocenters. The molecule has 0 aromatic heterocycles. The van der Waals surface area contributed by atoms with E-state index in [4.69, 9.17) is 21.1 Å². The van der Waals surface area contributed by atoms with E-state index in [9.17, 15) is 19.2 Å². The Balaban J connectivity index is 1.54. The lowest BCUT2D eigenvalue weighted by Gasteiger charge is -2.26. The minimum absolute atomic E-state index is 0.231. The lowest BCUT2D eigenvalue weighted by Crippen LogP contribution is -2.54. The minimum atomic E-state index is -0.871. The SMILES string of the molecule is CCOc1cc(/C=C2\C(=O)NC(=O)N(c3ccc(C)c(Cl)c3)C2=O)ccc1OCC(=O)Nc1cccc(C)c1. The standard InChI is InChI=1S/C29H26ClN3O6/c1-4-38-25-14-19(9-11-24(25)39-16-26(34)31-20-7-5-6-17(2)12-20)13-22-27(35)32-29(37)33(28(22)36)21-10-8-18(3)23(30)15-21/h5-15H,4,16H2,1-3H3,(H,31,34)(H,32,35,37)/b22-13+. The summed E-state index contributed by atoms with van der Waals surface area (Å²) in [5.41, 5.74) is 2.87. The molecule has 0 saturated carbocycles. The van der Waals surface area contributed by atoms with Gasteiger partial charge < -0.3 is 14.8 Å². The van der Waals surface area contributed by atoms with E-state index in [1.54, 1.807) is 50.2 Å². The van der Waals surface area contributed by atoms with Gasteiger partial charge in [-0.2, -0.15) is 0 Å². The summed E-state index contributed by atoms with van der Waals surface area (Å²) in [6, 6.07) is 16.0. The van der Waals surface area contributed by atoms with Gasteiger partial charge in [-0.1, -0.05) is 35.9 Å². The number of barbiturate groups is 1. The lowest BCUT2D eigenvalue weighted by atomic mass is 10.1. The van der Waals surface area contributed by atoms with Gasteiger partial charge in [0.1, 0.15) is 5.57 Å². The topological polar surface area (TPSA) is 114 Å². The number of imide groups is 2. The fraction of sp³-hybridized carbons (Fsp3) is 0.172. The molecule has 5 amide bonds. The second kappa shape index (κ2) is 11.8. The maximum absolute atomic E-state index is 13.2. The average molecular weight is 548 g/mol. The number of hydrogen-bond donors (Lipinski definition) is 2. The molecule has 3 aromatic carbocycles. The van der Waals surface area contributed by atoms with Gasteiger partial charge in [-0.3, -0.25) is 19.7 Å². The van der Waals surface area contributed by atoms with Crippen molar-refractivity contribution in [3.05, 3.63) is 87.9 Å². The molecule has 10 heteroatoms. The highest BCUT2D eigenvalue weighted by Crippen LogP contribution is 2.31. The summed E-state index contributed by atoms with van der Waals surface area (Å²) in [5.74, 6) is -1.35. The predicted octanol–water partition coefficient (Wildman–Crippen LogP) is 5.04. The lowest BCUT2D eigenvalue weighted by molar-refractivity contribution is -0.122. The Morgan fingerprint density at radius 2 is 1.79 bits per heavy atom. The average Bonchev–Trinajstić information content (AvgIpc) is 2.88. The van der Waals surface area contributed by atoms with Crippen LogP contribution in [0.5, 0.6) is 11.5 Å². The normalized spacial score (nSPS) is 14.3. The Bertz CT molecular complexity index is 1500. The summed E-state index contributed by atoms with van der Waals surface area (Å²) in [7, 11) is 0. The Labute approximate surface area is 230 Å². The maximum Gasteiger partial charge on any atom is 0.335 e. The van der Waals surface area contributed by atoms with E-state index in [1.807, 2.05) is 25.1 Å². The molecular formula is C29H26ClN3O6. The molecule has 39 heavy (non-hydrogen) atoms. The number of aryl methyl sites for hydroxylation is 2. The van der Waals surface area contributed by atoms with Crippen molar-refractivity contribution in [3.8, 4) is 11.5 Å². The van der Waals surface area contributed by atoms with Crippen molar-refractivity contribution in [1.82, 2.24) is 5.32 Å². The molecule has 0 unspecified atom stereocenters. The molecule has 1 aliphatic rings. The van der Waals surface area contributed by atoms with Crippen LogP contribution in [-0.2, 0) is 14.4 Å². The second-order valence-corrected chi connectivity index (χ2v) is 9.14. The first-order chi connectivity index (χ1) is 18.7. The van der Waals surface area contributed by atoms with Crippen molar-refractivity contribution in [2.45, 2.75) is 20.8 Å². The fourth-order valence-electron chi connectivity index (χ4n) is 3.84. The fourth-order valence-corrected chi connectivity index (χ4v) is 4.02. The summed E-state index contributed by atoms with van der Waals surface area (Å²) in [6.45, 7) is 5.55. The highest BCUT2D eigenvalue weighted by molar-refractivity contribution is 6.39. The van der Waals surface area contributed by atoms with E-state index in [-0.39, 0.29) is 23.8 Å². The predicted molar refractivity (Wildman–Crippen MR) is 148 cm³/mol. The third-order valence-corrected chi connectivity index (χ3v) is 6.16. The molecule has 1 fully saturated rings. The third kappa shape index (κ3) is 6.45. The second-order valence-electron chi connectivity index (χ2n) is 8.74. The Morgan fingerprint density at radius 1 is 1.00 bits per heavy atom. The number of urea groups is 1. The highest BCUT2D eigenvalue weighted by atomic mass is 35.5. The smallest absolute Gasteiger partial charge is 0.335 e. The van der Waals surface area contributed by atoms with Crippen LogP contribution in [0, 0.1) is 13.8 Å². The maximum atomic E-state index is 13.2. The number of nitrogens with one attached hydrogen (secondary N) is 2. The zero-order valence-electron chi connectivity index (χ0n) is 21.5. The van der Waals surface area contributed by atoms with Crippen LogP contribution in [-0.4, -0.2) is 37.0 Å². The number of carbonyl (C=O) groups is 4. The molecule has 0 aliphatic carbocycles. The highest BCUT2D eigenvalue weighted by Gasteiger charge is 2.37. The van der Waals surface area contributed by atoms with Crippen LogP contribution < -0.4 is 25.0 Å². The van der Waals surface area contributed by atoms with Gasteiger partial charge in [-0.15, -0.1) is 0 Å². The molecule has 0 bridgehead atoms. The monoisotopic (exact) mass is 547 g/mol. The number of rotatable bonds is 8. The minimum Gasteiger partial charge on any atom is -0.490 e. The van der Waals surface area contributed by atoms with Crippen molar-refractivity contribution < 1.29 is 28.7 Å². The number of halogens is 1. The summed E-state index contributed by atoms with van der Waals surface area (Å²) in [6.07, 6.45) is 1.35. The molecule has 9 nitrogen and oxygen atoms in total. The van der Waals surface area contributed by atoms with E-state index >= 15 is 0 Å². The van der Waals surface area contributed by atoms with Crippen LogP contribution in [0.1, 0.15) is 23.6 Å². The van der Waals surface area contributed by atoms with Crippen LogP contribution in [0.4, 0.5) is 16.2 Å². The number of benzene rings is 3. The molecule has 0 spiro atoms. The largest absolute Gasteiger partial charge is 0.490 e. The van der Waals surface area contributed by atoms with Crippen LogP contribution in [0.2, 0.25) is 5.02 Å². The molecule has 4 rings (SSSR count). The Morgan fingerprint density at radius 3 is 2.51 bits per heavy atom. The summed E-state index contributed by atoms with van der Waals surface area (Å²) < 4.78 is 11.3. The first-order valence-corrected chi connectivity index (χ1v) is 12.5. The zero-order valence-corrected chi connectivity index (χ0v) is 22.3. The number of amides is 5. The summed E-state index contributed by atoms with van der Waals surface area (Å²) >= 11 is 6.18. The van der Waals surface area contributed by atoms with Crippen molar-refractivity contribution in [2.24, 2.45) is 0 Å². The van der Waals surface area contributed by atoms with E-state index in [1.165, 1.54) is 12.1 Å². The van der Waals surface area contributed by atoms with Gasteiger partial charge in [0.2, 0.25) is 0 Å². The van der Waals surface area contributed by atoms with Crippen molar-refractivity contribution in [2.75, 3.05) is 23.4 Å². The van der Waals surface area contributed by atoms with E-state index in [2.05, 4.69) is 10.6 Å². The quantitative estimate of drug-likeness (QED) is 0.302. The van der Waals surface area contributed by atoms with Gasteiger partial charge >= 0.3 is 6.03 Å². The van der Waals surface area contributed by atoms with E-state index < -0.39 is 17.8 Å². The Hall–Kier alpha value is -4.63. The molecule has 1 aliphatic heterocycles. The van der Waals surface area contributed by atoms with Crippen molar-refractivity contribution in [3.63, 3.8) is 0 Å². The van der Waals surface area contributed by atoms with Crippen LogP contribution >= 0.6 is 11.6 Å². The number of ether oxygens (including phenoxy) is 2. The van der Waals surface area contributed by atoms with Crippen molar-refractivity contribution >= 4 is 52.8 Å². The summed E-state index contributed by atoms with van der Waals surface area (Å²) in [5, 5.41) is 5.33. The summed E-state index contributed by atoms with van der Waals surface area (Å²) in [4.78, 5) is 51.5. The van der Waals surface area contributed by atoms with Gasteiger partial charge in [0.15, 0.2) is 18.1 Å². The van der Waals surface area contributed by atoms with Gasteiger partial charge in [-0.25, -0.2) is 9.69 Å². The number of nitrogens with zero attached hydrogens (tertiary/aromatic N) is 1. The molecule has 200 valence electrons. The van der Waals surface area contributed by atoms with E-state index in [0.717, 1.165) is 16.0 Å². The first-order valence-electron chi connectivity index (χ1n) is 12.1. The number of carbonyl (C=O) groups excluding carboxylic acids is 4. The van der Waals surface area contributed by atoms with Crippen LogP contribution in [0.15, 0.2) is 66.2 Å². The van der Waals surface area contributed by atoms with Gasteiger partial charge in [0.05, 0.1) is 12.3 Å². The van der Waals surface area contributed by atoms with Crippen LogP contribution in [0.3, 0.4) is 0 Å². The first kappa shape index (κ1) is 27.4. The van der Waals surface area contributed by atoms with Gasteiger partial charge in [0, 0.05) is 10.7 Å². The third-order valence-electron chi connectivity index (χ3n) is 5.75. The number of hydrogen-bond acceptors (Lipinski definition) is 6. The zero-order chi connectivity index (χ0) is 28.1.